The number of anilines is 1. The van der Waals surface area contributed by atoms with Crippen LogP contribution in [0.15, 0.2) is 18.2 Å². The predicted molar refractivity (Wildman–Crippen MR) is 71.0 cm³/mol. The molecule has 3 nitrogen and oxygen atoms in total. The third-order valence-electron chi connectivity index (χ3n) is 3.30. The Balaban J connectivity index is 2.30. The van der Waals surface area contributed by atoms with Crippen molar-refractivity contribution in [3.63, 3.8) is 0 Å². The van der Waals surface area contributed by atoms with Gasteiger partial charge in [0.15, 0.2) is 0 Å². The van der Waals surface area contributed by atoms with Crippen molar-refractivity contribution in [1.82, 2.24) is 4.90 Å². The minimum Gasteiger partial charge on any atom is -0.383 e. The van der Waals surface area contributed by atoms with E-state index in [1.807, 2.05) is 19.9 Å². The van der Waals surface area contributed by atoms with Crippen LogP contribution in [0, 0.1) is 0 Å². The molecule has 0 atom stereocenters. The first kappa shape index (κ1) is 14.7. The maximum atomic E-state index is 12.5. The number of benzene rings is 1. The van der Waals surface area contributed by atoms with E-state index in [0.717, 1.165) is 10.5 Å². The summed E-state index contributed by atoms with van der Waals surface area (Å²) in [6.45, 7) is 3.20. The molecule has 0 fully saturated rings. The SMILES string of the molecule is CC(C)c1ccc2c(c1)NCCN(CC(F)(F)F)C2=O. The van der Waals surface area contributed by atoms with Gasteiger partial charge in [-0.25, -0.2) is 0 Å². The van der Waals surface area contributed by atoms with Crippen LogP contribution < -0.4 is 5.32 Å². The number of hydrogen-bond donors (Lipinski definition) is 1. The van der Waals surface area contributed by atoms with Crippen LogP contribution in [0.1, 0.15) is 35.7 Å². The van der Waals surface area contributed by atoms with E-state index in [-0.39, 0.29) is 6.54 Å². The molecule has 0 radical (unpaired) electrons. The smallest absolute Gasteiger partial charge is 0.383 e. The van der Waals surface area contributed by atoms with Gasteiger partial charge < -0.3 is 10.2 Å². The number of halogens is 3. The van der Waals surface area contributed by atoms with Gasteiger partial charge in [0.2, 0.25) is 0 Å². The highest BCUT2D eigenvalue weighted by molar-refractivity contribution is 6.00. The van der Waals surface area contributed by atoms with Crippen LogP contribution in [0.2, 0.25) is 0 Å². The Hall–Kier alpha value is -1.72. The van der Waals surface area contributed by atoms with Gasteiger partial charge in [0.1, 0.15) is 6.54 Å². The Morgan fingerprint density at radius 1 is 1.35 bits per heavy atom. The number of hydrogen-bond acceptors (Lipinski definition) is 2. The van der Waals surface area contributed by atoms with Gasteiger partial charge in [-0.15, -0.1) is 0 Å². The molecule has 1 heterocycles. The van der Waals surface area contributed by atoms with Crippen LogP contribution in [0.3, 0.4) is 0 Å². The molecule has 1 aliphatic heterocycles. The number of amides is 1. The number of carbonyl (C=O) groups is 1. The molecule has 0 spiro atoms. The third kappa shape index (κ3) is 3.23. The Bertz CT molecular complexity index is 512. The molecule has 0 aromatic heterocycles. The van der Waals surface area contributed by atoms with Crippen LogP contribution in [0.25, 0.3) is 0 Å². The summed E-state index contributed by atoms with van der Waals surface area (Å²) in [6.07, 6.45) is -4.38. The Kier molecular flexibility index (Phi) is 3.92. The summed E-state index contributed by atoms with van der Waals surface area (Å²) in [4.78, 5) is 13.0. The van der Waals surface area contributed by atoms with E-state index >= 15 is 0 Å². The van der Waals surface area contributed by atoms with Gasteiger partial charge in [-0.05, 0) is 23.6 Å². The van der Waals surface area contributed by atoms with E-state index < -0.39 is 18.6 Å². The lowest BCUT2D eigenvalue weighted by Gasteiger charge is -2.21. The summed E-state index contributed by atoms with van der Waals surface area (Å²) >= 11 is 0. The largest absolute Gasteiger partial charge is 0.406 e. The van der Waals surface area contributed by atoms with Crippen molar-refractivity contribution >= 4 is 11.6 Å². The second-order valence-corrected chi connectivity index (χ2v) is 5.23. The normalized spacial score (nSPS) is 15.9. The Morgan fingerprint density at radius 2 is 2.05 bits per heavy atom. The van der Waals surface area contributed by atoms with E-state index in [2.05, 4.69) is 5.32 Å². The first-order valence-corrected chi connectivity index (χ1v) is 6.52. The van der Waals surface area contributed by atoms with Crippen LogP contribution in [-0.2, 0) is 0 Å². The fourth-order valence-electron chi connectivity index (χ4n) is 2.22. The average Bonchev–Trinajstić information content (AvgIpc) is 2.48. The third-order valence-corrected chi connectivity index (χ3v) is 3.30. The first-order valence-electron chi connectivity index (χ1n) is 6.52. The van der Waals surface area contributed by atoms with Gasteiger partial charge in [0.25, 0.3) is 5.91 Å². The predicted octanol–water partition coefficient (Wildman–Crippen LogP) is 3.24. The van der Waals surface area contributed by atoms with E-state index in [4.69, 9.17) is 0 Å². The molecule has 1 N–H and O–H groups in total. The minimum absolute atomic E-state index is 0.0457. The summed E-state index contributed by atoms with van der Waals surface area (Å²) in [5.41, 5.74) is 1.97. The summed E-state index contributed by atoms with van der Waals surface area (Å²) in [5, 5.41) is 3.04. The molecule has 1 aliphatic rings. The molecule has 1 aromatic carbocycles. The number of nitrogens with one attached hydrogen (secondary N) is 1. The maximum absolute atomic E-state index is 12.5. The lowest BCUT2D eigenvalue weighted by Crippen LogP contribution is -2.39. The van der Waals surface area contributed by atoms with Crippen molar-refractivity contribution in [2.75, 3.05) is 25.0 Å². The molecule has 0 bridgehead atoms. The number of carbonyl (C=O) groups excluding carboxylic acids is 1. The van der Waals surface area contributed by atoms with Gasteiger partial charge in [0.05, 0.1) is 5.56 Å². The van der Waals surface area contributed by atoms with Crippen molar-refractivity contribution in [1.29, 1.82) is 0 Å². The van der Waals surface area contributed by atoms with Crippen LogP contribution in [0.5, 0.6) is 0 Å². The molecule has 110 valence electrons. The first-order chi connectivity index (χ1) is 9.28. The standard InChI is InChI=1S/C14H17F3N2O/c1-9(2)10-3-4-11-12(7-10)18-5-6-19(13(11)20)8-14(15,16)17/h3-4,7,9,18H,5-6,8H2,1-2H3. The molecular formula is C14H17F3N2O. The van der Waals surface area contributed by atoms with Gasteiger partial charge in [-0.3, -0.25) is 4.79 Å². The molecule has 0 saturated heterocycles. The quantitative estimate of drug-likeness (QED) is 0.905. The van der Waals surface area contributed by atoms with Crippen molar-refractivity contribution in [3.8, 4) is 0 Å². The van der Waals surface area contributed by atoms with Crippen molar-refractivity contribution < 1.29 is 18.0 Å². The van der Waals surface area contributed by atoms with Crippen molar-refractivity contribution in [2.45, 2.75) is 25.9 Å². The molecule has 1 amide bonds. The zero-order chi connectivity index (χ0) is 14.9. The molecule has 6 heteroatoms. The molecule has 1 aromatic rings. The van der Waals surface area contributed by atoms with Gasteiger partial charge in [0, 0.05) is 18.8 Å². The molecule has 0 saturated carbocycles. The molecule has 2 rings (SSSR count). The van der Waals surface area contributed by atoms with E-state index in [0.29, 0.717) is 23.7 Å². The van der Waals surface area contributed by atoms with E-state index in [1.54, 1.807) is 12.1 Å². The molecule has 0 unspecified atom stereocenters. The fraction of sp³-hybridized carbons (Fsp3) is 0.500. The number of nitrogens with zero attached hydrogens (tertiary/aromatic N) is 1. The topological polar surface area (TPSA) is 32.3 Å². The summed E-state index contributed by atoms with van der Waals surface area (Å²) in [6, 6.07) is 5.24. The van der Waals surface area contributed by atoms with Crippen LogP contribution in [-0.4, -0.2) is 36.6 Å². The van der Waals surface area contributed by atoms with Crippen molar-refractivity contribution in [3.05, 3.63) is 29.3 Å². The van der Waals surface area contributed by atoms with Gasteiger partial charge in [-0.2, -0.15) is 13.2 Å². The summed E-state index contributed by atoms with van der Waals surface area (Å²) in [5.74, 6) is -0.274. The van der Waals surface area contributed by atoms with Crippen LogP contribution >= 0.6 is 0 Å². The monoisotopic (exact) mass is 286 g/mol. The lowest BCUT2D eigenvalue weighted by molar-refractivity contribution is -0.140. The van der Waals surface area contributed by atoms with Gasteiger partial charge in [-0.1, -0.05) is 19.9 Å². The summed E-state index contributed by atoms with van der Waals surface area (Å²) < 4.78 is 37.4. The van der Waals surface area contributed by atoms with E-state index in [9.17, 15) is 18.0 Å². The van der Waals surface area contributed by atoms with Crippen LogP contribution in [0.4, 0.5) is 18.9 Å². The Labute approximate surface area is 115 Å². The van der Waals surface area contributed by atoms with E-state index in [1.165, 1.54) is 0 Å². The number of rotatable bonds is 2. The molecule has 20 heavy (non-hydrogen) atoms. The zero-order valence-corrected chi connectivity index (χ0v) is 11.4. The minimum atomic E-state index is -4.38. The summed E-state index contributed by atoms with van der Waals surface area (Å²) in [7, 11) is 0. The molecule has 0 aliphatic carbocycles. The zero-order valence-electron chi connectivity index (χ0n) is 11.4. The number of fused-ring (bicyclic) bond motifs is 1. The van der Waals surface area contributed by atoms with Gasteiger partial charge >= 0.3 is 6.18 Å². The highest BCUT2D eigenvalue weighted by Gasteiger charge is 2.34. The second-order valence-electron chi connectivity index (χ2n) is 5.23. The maximum Gasteiger partial charge on any atom is 0.406 e. The van der Waals surface area contributed by atoms with Crippen molar-refractivity contribution in [2.24, 2.45) is 0 Å². The number of alkyl halides is 3. The second kappa shape index (κ2) is 5.34. The Morgan fingerprint density at radius 3 is 2.65 bits per heavy atom. The highest BCUT2D eigenvalue weighted by Crippen LogP contribution is 2.27. The lowest BCUT2D eigenvalue weighted by atomic mass is 10.00. The molecular weight excluding hydrogens is 269 g/mol. The average molecular weight is 286 g/mol. The highest BCUT2D eigenvalue weighted by atomic mass is 19.4. The fourth-order valence-corrected chi connectivity index (χ4v) is 2.22.